The number of nitrogens with zero attached hydrogens (tertiary/aromatic N) is 1. The number of ether oxygens (including phenoxy) is 1. The van der Waals surface area contributed by atoms with Crippen LogP contribution in [0.1, 0.15) is 15.9 Å². The van der Waals surface area contributed by atoms with Crippen molar-refractivity contribution in [3.8, 4) is 5.75 Å². The van der Waals surface area contributed by atoms with Gasteiger partial charge in [0, 0.05) is 23.2 Å². The first-order valence-corrected chi connectivity index (χ1v) is 9.46. The Morgan fingerprint density at radius 2 is 1.83 bits per heavy atom. The van der Waals surface area contributed by atoms with Crippen LogP contribution in [0, 0.1) is 0 Å². The average Bonchev–Trinajstić information content (AvgIpc) is 2.72. The molecule has 0 atom stereocenters. The summed E-state index contributed by atoms with van der Waals surface area (Å²) in [4.78, 5) is 17.5. The predicted molar refractivity (Wildman–Crippen MR) is 104 cm³/mol. The second-order valence-electron chi connectivity index (χ2n) is 6.03. The third kappa shape index (κ3) is 6.83. The lowest BCUT2D eigenvalue weighted by molar-refractivity contribution is -0.153. The molecule has 0 unspecified atom stereocenters. The maximum absolute atomic E-state index is 12.3. The van der Waals surface area contributed by atoms with E-state index in [1.807, 2.05) is 30.3 Å². The summed E-state index contributed by atoms with van der Waals surface area (Å²) in [5.41, 5.74) is 1.13. The highest BCUT2D eigenvalue weighted by atomic mass is 32.2. The van der Waals surface area contributed by atoms with E-state index in [2.05, 4.69) is 10.3 Å². The predicted octanol–water partition coefficient (Wildman–Crippen LogP) is 5.10. The third-order valence-electron chi connectivity index (χ3n) is 3.73. The Bertz CT molecular complexity index is 948. The highest BCUT2D eigenvalue weighted by Crippen LogP contribution is 2.25. The lowest BCUT2D eigenvalue weighted by Gasteiger charge is -2.11. The minimum absolute atomic E-state index is 0.102. The molecule has 1 heterocycles. The lowest BCUT2D eigenvalue weighted by Crippen LogP contribution is -2.23. The Hall–Kier alpha value is -3.00. The van der Waals surface area contributed by atoms with E-state index in [1.165, 1.54) is 23.9 Å². The van der Waals surface area contributed by atoms with E-state index >= 15 is 0 Å². The average molecular weight is 418 g/mol. The van der Waals surface area contributed by atoms with Crippen LogP contribution in [0.4, 0.5) is 13.2 Å². The topological polar surface area (TPSA) is 51.2 Å². The molecule has 0 aliphatic rings. The number of alkyl halides is 3. The molecule has 0 fully saturated rings. The number of nitrogens with one attached hydrogen (secondary N) is 1. The van der Waals surface area contributed by atoms with Crippen LogP contribution in [0.2, 0.25) is 0 Å². The van der Waals surface area contributed by atoms with E-state index in [1.54, 1.807) is 30.5 Å². The molecule has 1 N–H and O–H groups in total. The number of carbonyl (C=O) groups excluding carboxylic acids is 1. The number of rotatable bonds is 7. The highest BCUT2D eigenvalue weighted by molar-refractivity contribution is 7.99. The smallest absolute Gasteiger partial charge is 0.422 e. The molecule has 0 aliphatic carbocycles. The molecule has 0 radical (unpaired) electrons. The minimum Gasteiger partial charge on any atom is -0.484 e. The van der Waals surface area contributed by atoms with E-state index in [9.17, 15) is 18.0 Å². The van der Waals surface area contributed by atoms with Gasteiger partial charge >= 0.3 is 6.18 Å². The van der Waals surface area contributed by atoms with Crippen LogP contribution in [-0.4, -0.2) is 23.7 Å². The van der Waals surface area contributed by atoms with Crippen molar-refractivity contribution in [1.82, 2.24) is 10.3 Å². The van der Waals surface area contributed by atoms with Crippen LogP contribution in [0.25, 0.3) is 0 Å². The fourth-order valence-corrected chi connectivity index (χ4v) is 3.17. The molecular weight excluding hydrogens is 401 g/mol. The van der Waals surface area contributed by atoms with Crippen molar-refractivity contribution in [1.29, 1.82) is 0 Å². The van der Waals surface area contributed by atoms with Gasteiger partial charge in [-0.2, -0.15) is 13.2 Å². The van der Waals surface area contributed by atoms with E-state index in [-0.39, 0.29) is 18.2 Å². The molecule has 0 bridgehead atoms. The van der Waals surface area contributed by atoms with E-state index < -0.39 is 12.8 Å². The number of hydrogen-bond donors (Lipinski definition) is 1. The zero-order valence-electron chi connectivity index (χ0n) is 15.1. The lowest BCUT2D eigenvalue weighted by atomic mass is 10.2. The Morgan fingerprint density at radius 1 is 1.03 bits per heavy atom. The summed E-state index contributed by atoms with van der Waals surface area (Å²) < 4.78 is 41.5. The minimum atomic E-state index is -4.40. The first-order valence-electron chi connectivity index (χ1n) is 8.65. The van der Waals surface area contributed by atoms with Gasteiger partial charge in [0.05, 0.1) is 0 Å². The molecule has 8 heteroatoms. The standard InChI is InChI=1S/C21H17F3N2O2S/c22-21(23,24)14-28-17-5-3-4-15(12-17)13-26-20(27)16-7-9-18(10-8-16)29-19-6-1-2-11-25-19/h1-12H,13-14H2,(H,26,27). The van der Waals surface area contributed by atoms with Crippen molar-refractivity contribution in [2.45, 2.75) is 22.6 Å². The molecule has 2 aromatic carbocycles. The summed E-state index contributed by atoms with van der Waals surface area (Å²) in [5.74, 6) is -0.175. The summed E-state index contributed by atoms with van der Waals surface area (Å²) in [7, 11) is 0. The largest absolute Gasteiger partial charge is 0.484 e. The van der Waals surface area contributed by atoms with Crippen LogP contribution in [0.3, 0.4) is 0 Å². The van der Waals surface area contributed by atoms with Gasteiger partial charge in [0.1, 0.15) is 10.8 Å². The normalized spacial score (nSPS) is 11.1. The zero-order valence-corrected chi connectivity index (χ0v) is 16.0. The van der Waals surface area contributed by atoms with Crippen molar-refractivity contribution >= 4 is 17.7 Å². The van der Waals surface area contributed by atoms with E-state index in [0.717, 1.165) is 9.92 Å². The van der Waals surface area contributed by atoms with Crippen molar-refractivity contribution < 1.29 is 22.7 Å². The van der Waals surface area contributed by atoms with Crippen molar-refractivity contribution in [2.75, 3.05) is 6.61 Å². The Balaban J connectivity index is 1.54. The summed E-state index contributed by atoms with van der Waals surface area (Å²) in [6.45, 7) is -1.18. The van der Waals surface area contributed by atoms with Crippen LogP contribution < -0.4 is 10.1 Å². The van der Waals surface area contributed by atoms with E-state index in [0.29, 0.717) is 11.1 Å². The molecule has 4 nitrogen and oxygen atoms in total. The van der Waals surface area contributed by atoms with Gasteiger partial charge in [0.2, 0.25) is 0 Å². The van der Waals surface area contributed by atoms with Gasteiger partial charge in [-0.05, 0) is 54.1 Å². The van der Waals surface area contributed by atoms with Crippen LogP contribution in [-0.2, 0) is 6.54 Å². The first-order chi connectivity index (χ1) is 13.9. The maximum Gasteiger partial charge on any atom is 0.422 e. The van der Waals surface area contributed by atoms with Crippen molar-refractivity contribution in [2.24, 2.45) is 0 Å². The summed E-state index contributed by atoms with van der Waals surface area (Å²) in [6.07, 6.45) is -2.68. The second kappa shape index (κ2) is 9.47. The Labute approximate surface area is 170 Å². The van der Waals surface area contributed by atoms with Gasteiger partial charge in [-0.25, -0.2) is 4.98 Å². The maximum atomic E-state index is 12.3. The Morgan fingerprint density at radius 3 is 2.52 bits per heavy atom. The molecule has 1 aromatic heterocycles. The second-order valence-corrected chi connectivity index (χ2v) is 7.12. The van der Waals surface area contributed by atoms with Crippen molar-refractivity contribution in [3.63, 3.8) is 0 Å². The third-order valence-corrected chi connectivity index (χ3v) is 4.69. The zero-order chi connectivity index (χ0) is 20.7. The highest BCUT2D eigenvalue weighted by Gasteiger charge is 2.28. The molecule has 0 spiro atoms. The SMILES string of the molecule is O=C(NCc1cccc(OCC(F)(F)F)c1)c1ccc(Sc2ccccn2)cc1. The van der Waals surface area contributed by atoms with E-state index in [4.69, 9.17) is 4.74 Å². The molecule has 150 valence electrons. The van der Waals surface area contributed by atoms with Gasteiger partial charge in [-0.1, -0.05) is 30.0 Å². The molecule has 3 aromatic rings. The van der Waals surface area contributed by atoms with Gasteiger partial charge in [0.25, 0.3) is 5.91 Å². The fourth-order valence-electron chi connectivity index (χ4n) is 2.40. The molecular formula is C21H17F3N2O2S. The molecule has 0 aliphatic heterocycles. The number of pyridine rings is 1. The number of amides is 1. The van der Waals surface area contributed by atoms with Crippen molar-refractivity contribution in [3.05, 3.63) is 84.1 Å². The summed E-state index contributed by atoms with van der Waals surface area (Å²) >= 11 is 1.49. The number of aromatic nitrogens is 1. The number of carbonyl (C=O) groups is 1. The van der Waals surface area contributed by atoms with Gasteiger partial charge < -0.3 is 10.1 Å². The quantitative estimate of drug-likeness (QED) is 0.580. The fraction of sp³-hybridized carbons (Fsp3) is 0.143. The number of hydrogen-bond acceptors (Lipinski definition) is 4. The molecule has 29 heavy (non-hydrogen) atoms. The van der Waals surface area contributed by atoms with Crippen LogP contribution in [0.15, 0.2) is 82.8 Å². The van der Waals surface area contributed by atoms with Crippen LogP contribution >= 0.6 is 11.8 Å². The van der Waals surface area contributed by atoms with Gasteiger partial charge in [0.15, 0.2) is 6.61 Å². The monoisotopic (exact) mass is 418 g/mol. The Kier molecular flexibility index (Phi) is 6.77. The van der Waals surface area contributed by atoms with Gasteiger partial charge in [-0.15, -0.1) is 0 Å². The number of benzene rings is 2. The first kappa shape index (κ1) is 20.7. The molecule has 3 rings (SSSR count). The summed E-state index contributed by atoms with van der Waals surface area (Å²) in [6, 6.07) is 18.9. The number of halogens is 3. The molecule has 1 amide bonds. The van der Waals surface area contributed by atoms with Crippen LogP contribution in [0.5, 0.6) is 5.75 Å². The molecule has 0 saturated carbocycles. The molecule has 0 saturated heterocycles. The summed E-state index contributed by atoms with van der Waals surface area (Å²) in [5, 5.41) is 3.61. The van der Waals surface area contributed by atoms with Gasteiger partial charge in [-0.3, -0.25) is 4.79 Å².